The summed E-state index contributed by atoms with van der Waals surface area (Å²) in [6.45, 7) is 0.0622. The minimum atomic E-state index is -0.790. The van der Waals surface area contributed by atoms with Gasteiger partial charge in [0.25, 0.3) is 5.09 Å². The Hall–Kier alpha value is -2.31. The zero-order chi connectivity index (χ0) is 31.3. The zero-order valence-electron chi connectivity index (χ0n) is 25.4. The van der Waals surface area contributed by atoms with Crippen molar-refractivity contribution in [2.45, 2.75) is 95.7 Å². The van der Waals surface area contributed by atoms with E-state index in [4.69, 9.17) is 4.74 Å². The van der Waals surface area contributed by atoms with Gasteiger partial charge in [0, 0.05) is 26.4 Å². The largest absolute Gasteiger partial charge is 0.393 e. The minimum Gasteiger partial charge on any atom is -0.393 e. The van der Waals surface area contributed by atoms with Crippen LogP contribution in [0.2, 0.25) is 0 Å². The number of halogens is 1. The second-order valence-electron chi connectivity index (χ2n) is 11.3. The maximum atomic E-state index is 12.6. The fourth-order valence-electron chi connectivity index (χ4n) is 5.80. The van der Waals surface area contributed by atoms with Crippen molar-refractivity contribution in [3.8, 4) is 0 Å². The molecule has 1 fully saturated rings. The third-order valence-electron chi connectivity index (χ3n) is 8.19. The molecule has 0 radical (unpaired) electrons. The van der Waals surface area contributed by atoms with E-state index in [1.54, 1.807) is 7.11 Å². The molecule has 1 saturated carbocycles. The summed E-state index contributed by atoms with van der Waals surface area (Å²) in [5.74, 6) is 0.657. The molecule has 43 heavy (non-hydrogen) atoms. The number of aliphatic hydroxyl groups is 1. The number of ether oxygens (including phenoxy) is 1. The molecule has 1 aromatic rings. The fourth-order valence-corrected chi connectivity index (χ4v) is 6.22. The lowest BCUT2D eigenvalue weighted by Crippen LogP contribution is -2.20. The number of nitrogens with zero attached hydrogens (tertiary/aromatic N) is 1. The standard InChI is InChI=1S/C33H49IN2O7/c1-42-29(20-17-26-12-6-4-7-13-26)21-22-30-27(18-19-28(37)14-8-5-11-23-43-36(40)41)24-32(38)31(30)15-9-2-3-10-16-33(39)35-25-34/h2,4,6-7,9,12-13,21-22,27,29-32,38H,3,5,8,10-11,14-20,23-25H2,1H3,(H,35,39)/b9-2-,22-21+/t27-,29+,30+,31-,32+/m1/s1. The molecule has 5 atom stereocenters. The molecule has 1 amide bonds. The molecule has 1 aliphatic rings. The van der Waals surface area contributed by atoms with Gasteiger partial charge in [-0.25, -0.2) is 0 Å². The average molecular weight is 713 g/mol. The number of carbonyl (C=O) groups excluding carboxylic acids is 2. The number of benzene rings is 1. The normalized spacial score (nSPS) is 20.9. The van der Waals surface area contributed by atoms with Crippen LogP contribution in [0, 0.1) is 27.9 Å². The van der Waals surface area contributed by atoms with Gasteiger partial charge in [0.2, 0.25) is 5.91 Å². The number of unbranched alkanes of at least 4 members (excludes halogenated alkanes) is 3. The quantitative estimate of drug-likeness (QED) is 0.0251. The van der Waals surface area contributed by atoms with Crippen LogP contribution >= 0.6 is 22.6 Å². The van der Waals surface area contributed by atoms with E-state index in [-0.39, 0.29) is 42.2 Å². The summed E-state index contributed by atoms with van der Waals surface area (Å²) in [5, 5.41) is 23.3. The molecule has 9 nitrogen and oxygen atoms in total. The van der Waals surface area contributed by atoms with Gasteiger partial charge in [0.05, 0.1) is 23.4 Å². The number of Topliss-reactive ketones (excluding diaryl/α,β-unsaturated/α-hetero) is 1. The summed E-state index contributed by atoms with van der Waals surface area (Å²) in [6, 6.07) is 10.3. The number of rotatable bonds is 23. The summed E-state index contributed by atoms with van der Waals surface area (Å²) >= 11 is 2.12. The number of aliphatic hydroxyl groups excluding tert-OH is 1. The van der Waals surface area contributed by atoms with E-state index in [9.17, 15) is 24.8 Å². The zero-order valence-corrected chi connectivity index (χ0v) is 27.6. The first kappa shape index (κ1) is 36.9. The van der Waals surface area contributed by atoms with Crippen molar-refractivity contribution < 1.29 is 29.4 Å². The number of hydrogen-bond donors (Lipinski definition) is 2. The molecular weight excluding hydrogens is 663 g/mol. The highest BCUT2D eigenvalue weighted by atomic mass is 127. The summed E-state index contributed by atoms with van der Waals surface area (Å²) < 4.78 is 6.39. The van der Waals surface area contributed by atoms with E-state index in [2.05, 4.69) is 69.2 Å². The topological polar surface area (TPSA) is 128 Å². The Morgan fingerprint density at radius 1 is 1.14 bits per heavy atom. The molecule has 0 bridgehead atoms. The van der Waals surface area contributed by atoms with Gasteiger partial charge in [-0.05, 0) is 81.1 Å². The second-order valence-corrected chi connectivity index (χ2v) is 12.0. The molecule has 0 unspecified atom stereocenters. The highest BCUT2D eigenvalue weighted by molar-refractivity contribution is 14.1. The fraction of sp³-hybridized carbons (Fsp3) is 0.636. The number of allylic oxidation sites excluding steroid dienone is 3. The minimum absolute atomic E-state index is 0.0376. The number of hydrogen-bond acceptors (Lipinski definition) is 7. The van der Waals surface area contributed by atoms with Gasteiger partial charge in [-0.15, -0.1) is 10.1 Å². The number of alkyl halides is 1. The molecule has 2 N–H and O–H groups in total. The average Bonchev–Trinajstić information content (AvgIpc) is 3.29. The van der Waals surface area contributed by atoms with Gasteiger partial charge < -0.3 is 20.0 Å². The van der Waals surface area contributed by atoms with E-state index < -0.39 is 11.2 Å². The molecular formula is C33H49IN2O7. The van der Waals surface area contributed by atoms with Crippen molar-refractivity contribution in [3.05, 3.63) is 70.3 Å². The second kappa shape index (κ2) is 22.2. The molecule has 240 valence electrons. The highest BCUT2D eigenvalue weighted by Gasteiger charge is 2.40. The van der Waals surface area contributed by atoms with Gasteiger partial charge >= 0.3 is 0 Å². The van der Waals surface area contributed by atoms with Gasteiger partial charge in [-0.3, -0.25) is 9.59 Å². The predicted octanol–water partition coefficient (Wildman–Crippen LogP) is 6.55. The highest BCUT2D eigenvalue weighted by Crippen LogP contribution is 2.43. The third kappa shape index (κ3) is 15.8. The Morgan fingerprint density at radius 2 is 1.93 bits per heavy atom. The van der Waals surface area contributed by atoms with E-state index in [1.165, 1.54) is 5.56 Å². The van der Waals surface area contributed by atoms with E-state index >= 15 is 0 Å². The molecule has 0 heterocycles. The lowest BCUT2D eigenvalue weighted by atomic mass is 9.83. The lowest BCUT2D eigenvalue weighted by Gasteiger charge is -2.23. The van der Waals surface area contributed by atoms with E-state index in [0.29, 0.717) is 49.5 Å². The monoisotopic (exact) mass is 712 g/mol. The number of nitrogens with one attached hydrogen (secondary N) is 1. The van der Waals surface area contributed by atoms with Crippen LogP contribution in [-0.4, -0.2) is 52.4 Å². The van der Waals surface area contributed by atoms with Crippen molar-refractivity contribution >= 4 is 34.3 Å². The van der Waals surface area contributed by atoms with Crippen molar-refractivity contribution in [2.24, 2.45) is 17.8 Å². The van der Waals surface area contributed by atoms with Crippen molar-refractivity contribution in [3.63, 3.8) is 0 Å². The smallest absolute Gasteiger partial charge is 0.294 e. The number of amides is 1. The number of methoxy groups -OCH3 is 1. The molecule has 1 aliphatic carbocycles. The number of aryl methyl sites for hydroxylation is 1. The predicted molar refractivity (Wildman–Crippen MR) is 176 cm³/mol. The van der Waals surface area contributed by atoms with Crippen LogP contribution in [0.4, 0.5) is 0 Å². The van der Waals surface area contributed by atoms with Crippen LogP contribution in [0.5, 0.6) is 0 Å². The molecule has 1 aromatic carbocycles. The van der Waals surface area contributed by atoms with Crippen LogP contribution in [0.25, 0.3) is 0 Å². The van der Waals surface area contributed by atoms with Gasteiger partial charge in [-0.2, -0.15) is 0 Å². The van der Waals surface area contributed by atoms with Crippen LogP contribution in [0.15, 0.2) is 54.6 Å². The Bertz CT molecular complexity index is 1000. The molecule has 2 rings (SSSR count). The SMILES string of the molecule is CO[C@H](/C=C/[C@H]1[C@H](CCC(=O)CCCCCO[N+](=O)[O-])C[C@H](O)[C@@H]1C/C=C\CCCC(=O)NCI)CCc1ccccc1. The maximum Gasteiger partial charge on any atom is 0.294 e. The van der Waals surface area contributed by atoms with Crippen molar-refractivity contribution in [1.82, 2.24) is 5.32 Å². The number of carbonyl (C=O) groups is 2. The summed E-state index contributed by atoms with van der Waals surface area (Å²) in [7, 11) is 1.73. The van der Waals surface area contributed by atoms with Crippen LogP contribution in [0.1, 0.15) is 82.6 Å². The molecule has 0 saturated heterocycles. The number of ketones is 1. The first-order chi connectivity index (χ1) is 20.8. The maximum absolute atomic E-state index is 12.6. The summed E-state index contributed by atoms with van der Waals surface area (Å²) in [6.07, 6.45) is 17.0. The van der Waals surface area contributed by atoms with E-state index in [0.717, 1.165) is 38.5 Å². The molecule has 0 spiro atoms. The Kier molecular flexibility index (Phi) is 19.1. The first-order valence-electron chi connectivity index (χ1n) is 15.5. The molecule has 0 aliphatic heterocycles. The molecule has 0 aromatic heterocycles. The van der Waals surface area contributed by atoms with Gasteiger partial charge in [0.15, 0.2) is 0 Å². The Balaban J connectivity index is 1.95. The van der Waals surface area contributed by atoms with Crippen molar-refractivity contribution in [2.75, 3.05) is 18.3 Å². The van der Waals surface area contributed by atoms with Gasteiger partial charge in [-0.1, -0.05) is 83.6 Å². The summed E-state index contributed by atoms with van der Waals surface area (Å²) in [4.78, 5) is 38.9. The van der Waals surface area contributed by atoms with E-state index in [1.807, 2.05) is 18.2 Å². The first-order valence-corrected chi connectivity index (χ1v) is 17.1. The molecule has 10 heteroatoms. The van der Waals surface area contributed by atoms with Crippen molar-refractivity contribution in [1.29, 1.82) is 0 Å². The summed E-state index contributed by atoms with van der Waals surface area (Å²) in [5.41, 5.74) is 1.27. The Morgan fingerprint density at radius 3 is 2.65 bits per heavy atom. The lowest BCUT2D eigenvalue weighted by molar-refractivity contribution is -0.757. The third-order valence-corrected chi connectivity index (χ3v) is 8.57. The van der Waals surface area contributed by atoms with Gasteiger partial charge in [0.1, 0.15) is 5.78 Å². The van der Waals surface area contributed by atoms with Crippen LogP contribution in [-0.2, 0) is 25.6 Å². The Labute approximate surface area is 270 Å². The van der Waals surface area contributed by atoms with Crippen LogP contribution in [0.3, 0.4) is 0 Å². The van der Waals surface area contributed by atoms with Crippen LogP contribution < -0.4 is 5.32 Å².